The molecule has 6 N–H and O–H groups in total. The van der Waals surface area contributed by atoms with Crippen LogP contribution in [0, 0.1) is 0 Å². The molecule has 1 aromatic carbocycles. The SMILES string of the molecule is CC(C)(C)OC(=O)NC(Cc1ccc(N2C(N)=NC(N)=NC23CCCCC3)cc1)C(=O)O. The maximum Gasteiger partial charge on any atom is 0.408 e. The lowest BCUT2D eigenvalue weighted by Crippen LogP contribution is -2.58. The van der Waals surface area contributed by atoms with E-state index in [-0.39, 0.29) is 12.4 Å². The molecule has 0 saturated heterocycles. The van der Waals surface area contributed by atoms with E-state index in [9.17, 15) is 14.7 Å². The molecular formula is C22H32N6O4. The molecule has 0 bridgehead atoms. The first-order valence-corrected chi connectivity index (χ1v) is 10.8. The van der Waals surface area contributed by atoms with Gasteiger partial charge < -0.3 is 26.6 Å². The summed E-state index contributed by atoms with van der Waals surface area (Å²) in [4.78, 5) is 34.4. The maximum atomic E-state index is 12.0. The van der Waals surface area contributed by atoms with Crippen LogP contribution in [0.15, 0.2) is 34.3 Å². The number of nitrogens with two attached hydrogens (primary N) is 2. The van der Waals surface area contributed by atoms with E-state index in [2.05, 4.69) is 15.3 Å². The van der Waals surface area contributed by atoms with Crippen molar-refractivity contribution in [2.75, 3.05) is 4.90 Å². The molecule has 1 fully saturated rings. The minimum Gasteiger partial charge on any atom is -0.480 e. The van der Waals surface area contributed by atoms with E-state index in [1.54, 1.807) is 20.8 Å². The van der Waals surface area contributed by atoms with Gasteiger partial charge in [-0.15, -0.1) is 0 Å². The molecule has 1 aromatic rings. The predicted molar refractivity (Wildman–Crippen MR) is 122 cm³/mol. The number of benzene rings is 1. The summed E-state index contributed by atoms with van der Waals surface area (Å²) in [5.74, 6) is -0.657. The lowest BCUT2D eigenvalue weighted by molar-refractivity contribution is -0.139. The van der Waals surface area contributed by atoms with Gasteiger partial charge in [-0.3, -0.25) is 4.90 Å². The molecule has 10 heteroatoms. The molecule has 1 aliphatic carbocycles. The van der Waals surface area contributed by atoms with Gasteiger partial charge in [0.2, 0.25) is 11.9 Å². The third kappa shape index (κ3) is 5.49. The van der Waals surface area contributed by atoms with E-state index in [1.807, 2.05) is 29.2 Å². The van der Waals surface area contributed by atoms with Crippen molar-refractivity contribution >= 4 is 29.7 Å². The van der Waals surface area contributed by atoms with Crippen LogP contribution < -0.4 is 21.7 Å². The second kappa shape index (κ2) is 9.05. The Kier molecular flexibility index (Phi) is 6.61. The number of hydrogen-bond donors (Lipinski definition) is 4. The Bertz CT molecular complexity index is 913. The number of carboxylic acid groups (broad SMARTS) is 1. The molecule has 0 aromatic heterocycles. The smallest absolute Gasteiger partial charge is 0.408 e. The third-order valence-corrected chi connectivity index (χ3v) is 5.47. The summed E-state index contributed by atoms with van der Waals surface area (Å²) >= 11 is 0. The van der Waals surface area contributed by atoms with Gasteiger partial charge in [-0.2, -0.15) is 4.99 Å². The molecule has 2 aliphatic rings. The van der Waals surface area contributed by atoms with Crippen LogP contribution in [0.5, 0.6) is 0 Å². The van der Waals surface area contributed by atoms with Crippen molar-refractivity contribution in [1.82, 2.24) is 5.32 Å². The number of aliphatic imine (C=N–C) groups is 2. The Morgan fingerprint density at radius 1 is 1.19 bits per heavy atom. The summed E-state index contributed by atoms with van der Waals surface area (Å²) in [6.07, 6.45) is 4.18. The van der Waals surface area contributed by atoms with Gasteiger partial charge in [0.05, 0.1) is 0 Å². The Hall–Kier alpha value is -3.30. The molecule has 1 spiro atoms. The van der Waals surface area contributed by atoms with Gasteiger partial charge in [-0.1, -0.05) is 18.6 Å². The molecule has 10 nitrogen and oxygen atoms in total. The normalized spacial score (nSPS) is 19.0. The molecule has 32 heavy (non-hydrogen) atoms. The van der Waals surface area contributed by atoms with Gasteiger partial charge in [-0.05, 0) is 64.2 Å². The largest absolute Gasteiger partial charge is 0.480 e. The first-order valence-electron chi connectivity index (χ1n) is 10.8. The van der Waals surface area contributed by atoms with Gasteiger partial charge >= 0.3 is 12.1 Å². The van der Waals surface area contributed by atoms with Crippen LogP contribution in [-0.4, -0.2) is 46.4 Å². The van der Waals surface area contributed by atoms with E-state index >= 15 is 0 Å². The molecule has 1 atom stereocenters. The zero-order valence-corrected chi connectivity index (χ0v) is 18.8. The van der Waals surface area contributed by atoms with E-state index in [1.165, 1.54) is 0 Å². The highest BCUT2D eigenvalue weighted by molar-refractivity contribution is 6.05. The summed E-state index contributed by atoms with van der Waals surface area (Å²) < 4.78 is 5.17. The van der Waals surface area contributed by atoms with Crippen molar-refractivity contribution < 1.29 is 19.4 Å². The molecule has 1 amide bonds. The van der Waals surface area contributed by atoms with Crippen molar-refractivity contribution in [1.29, 1.82) is 0 Å². The second-order valence-electron chi connectivity index (χ2n) is 9.23. The number of aliphatic carboxylic acids is 1. The highest BCUT2D eigenvalue weighted by atomic mass is 16.6. The van der Waals surface area contributed by atoms with E-state index in [4.69, 9.17) is 16.2 Å². The summed E-state index contributed by atoms with van der Waals surface area (Å²) in [5, 5.41) is 11.9. The number of alkyl carbamates (subject to hydrolysis) is 1. The number of nitrogens with one attached hydrogen (secondary N) is 1. The van der Waals surface area contributed by atoms with E-state index in [0.29, 0.717) is 5.96 Å². The monoisotopic (exact) mass is 444 g/mol. The minimum absolute atomic E-state index is 0.106. The number of anilines is 1. The van der Waals surface area contributed by atoms with E-state index < -0.39 is 29.4 Å². The van der Waals surface area contributed by atoms with Crippen LogP contribution in [-0.2, 0) is 16.0 Å². The molecule has 1 saturated carbocycles. The van der Waals surface area contributed by atoms with E-state index in [0.717, 1.165) is 43.4 Å². The fraction of sp³-hybridized carbons (Fsp3) is 0.545. The highest BCUT2D eigenvalue weighted by Crippen LogP contribution is 2.39. The van der Waals surface area contributed by atoms with Crippen LogP contribution in [0.4, 0.5) is 10.5 Å². The molecular weight excluding hydrogens is 412 g/mol. The summed E-state index contributed by atoms with van der Waals surface area (Å²) in [6, 6.07) is 6.22. The summed E-state index contributed by atoms with van der Waals surface area (Å²) in [5.41, 5.74) is 12.4. The topological polar surface area (TPSA) is 156 Å². The molecule has 1 aliphatic heterocycles. The Balaban J connectivity index is 1.76. The average Bonchev–Trinajstić information content (AvgIpc) is 2.67. The molecule has 3 rings (SSSR count). The average molecular weight is 445 g/mol. The van der Waals surface area contributed by atoms with Crippen LogP contribution in [0.1, 0.15) is 58.4 Å². The summed E-state index contributed by atoms with van der Waals surface area (Å²) in [7, 11) is 0. The van der Waals surface area contributed by atoms with Gasteiger partial charge in [-0.25, -0.2) is 14.6 Å². The molecule has 0 radical (unpaired) electrons. The van der Waals surface area contributed by atoms with Crippen LogP contribution >= 0.6 is 0 Å². The fourth-order valence-electron chi connectivity index (χ4n) is 4.16. The Morgan fingerprint density at radius 3 is 2.38 bits per heavy atom. The number of guanidine groups is 2. The van der Waals surface area contributed by atoms with Gasteiger partial charge in [0, 0.05) is 12.1 Å². The quantitative estimate of drug-likeness (QED) is 0.543. The lowest BCUT2D eigenvalue weighted by Gasteiger charge is -2.45. The number of carbonyl (C=O) groups excluding carboxylic acids is 1. The summed E-state index contributed by atoms with van der Waals surface area (Å²) in [6.45, 7) is 5.15. The van der Waals surface area contributed by atoms with Crippen molar-refractivity contribution in [2.45, 2.75) is 76.6 Å². The third-order valence-electron chi connectivity index (χ3n) is 5.47. The van der Waals surface area contributed by atoms with Crippen molar-refractivity contribution in [2.24, 2.45) is 21.5 Å². The first-order chi connectivity index (χ1) is 15.0. The Morgan fingerprint density at radius 2 is 1.81 bits per heavy atom. The fourth-order valence-corrected chi connectivity index (χ4v) is 4.16. The Labute approximate surface area is 187 Å². The number of amides is 1. The lowest BCUT2D eigenvalue weighted by atomic mass is 9.87. The van der Waals surface area contributed by atoms with Crippen molar-refractivity contribution in [3.05, 3.63) is 29.8 Å². The number of carboxylic acids is 1. The van der Waals surface area contributed by atoms with Gasteiger partial charge in [0.25, 0.3) is 0 Å². The zero-order valence-electron chi connectivity index (χ0n) is 18.8. The molecule has 174 valence electrons. The van der Waals surface area contributed by atoms with Crippen molar-refractivity contribution in [3.8, 4) is 0 Å². The highest BCUT2D eigenvalue weighted by Gasteiger charge is 2.42. The van der Waals surface area contributed by atoms with Crippen LogP contribution in [0.25, 0.3) is 0 Å². The standard InChI is InChI=1S/C22H32N6O4/c1-21(2,3)32-20(31)25-16(17(29)30)13-14-7-9-15(10-8-14)28-19(24)26-18(23)27-22(28)11-5-4-6-12-22/h7-10,16H,4-6,11-13H2,1-3H3,(H,25,31)(H,29,30)(H4,23,24,26,27). The molecule has 1 heterocycles. The van der Waals surface area contributed by atoms with Gasteiger partial charge in [0.1, 0.15) is 17.3 Å². The number of nitrogens with zero attached hydrogens (tertiary/aromatic N) is 3. The zero-order chi connectivity index (χ0) is 23.5. The predicted octanol–water partition coefficient (Wildman–Crippen LogP) is 2.32. The minimum atomic E-state index is -1.14. The maximum absolute atomic E-state index is 12.0. The second-order valence-corrected chi connectivity index (χ2v) is 9.23. The first kappa shape index (κ1) is 23.4. The van der Waals surface area contributed by atoms with Crippen LogP contribution in [0.3, 0.4) is 0 Å². The number of carbonyl (C=O) groups is 2. The number of ether oxygens (including phenoxy) is 1. The van der Waals surface area contributed by atoms with Crippen LogP contribution in [0.2, 0.25) is 0 Å². The van der Waals surface area contributed by atoms with Gasteiger partial charge in [0.15, 0.2) is 0 Å². The molecule has 1 unspecified atom stereocenters. The number of rotatable bonds is 5. The number of hydrogen-bond acceptors (Lipinski definition) is 8. The van der Waals surface area contributed by atoms with Crippen molar-refractivity contribution in [3.63, 3.8) is 0 Å².